The molecule has 0 aliphatic heterocycles. The fourth-order valence-electron chi connectivity index (χ4n) is 1.40. The lowest BCUT2D eigenvalue weighted by Gasteiger charge is -2.15. The summed E-state index contributed by atoms with van der Waals surface area (Å²) in [5.41, 5.74) is 0.691. The Morgan fingerprint density at radius 1 is 1.50 bits per heavy atom. The van der Waals surface area contributed by atoms with Gasteiger partial charge in [-0.2, -0.15) is 0 Å². The van der Waals surface area contributed by atoms with Crippen LogP contribution in [0.4, 0.5) is 5.69 Å². The monoisotopic (exact) mass is 287 g/mol. The largest absolute Gasteiger partial charge is 0.392 e. The van der Waals surface area contributed by atoms with Crippen LogP contribution in [-0.2, 0) is 4.79 Å². The lowest BCUT2D eigenvalue weighted by Crippen LogP contribution is -2.23. The molecule has 3 nitrogen and oxygen atoms in total. The van der Waals surface area contributed by atoms with Crippen LogP contribution < -0.4 is 5.32 Å². The smallest absolute Gasteiger partial charge is 0.227 e. The van der Waals surface area contributed by atoms with Gasteiger partial charge in [-0.05, 0) is 30.4 Å². The second-order valence-electron chi connectivity index (χ2n) is 4.41. The second kappa shape index (κ2) is 7.02. The van der Waals surface area contributed by atoms with Crippen LogP contribution in [0.5, 0.6) is 0 Å². The number of carbonyl (C=O) groups is 1. The average Bonchev–Trinajstić information content (AvgIpc) is 2.28. The van der Waals surface area contributed by atoms with Crippen molar-refractivity contribution in [3.05, 3.63) is 23.2 Å². The van der Waals surface area contributed by atoms with E-state index in [0.717, 1.165) is 4.90 Å². The molecule has 0 aliphatic rings. The second-order valence-corrected chi connectivity index (χ2v) is 5.69. The van der Waals surface area contributed by atoms with Gasteiger partial charge in [0.2, 0.25) is 5.91 Å². The molecule has 0 saturated carbocycles. The zero-order valence-corrected chi connectivity index (χ0v) is 12.3. The van der Waals surface area contributed by atoms with Crippen LogP contribution >= 0.6 is 23.4 Å². The van der Waals surface area contributed by atoms with E-state index in [-0.39, 0.29) is 18.2 Å². The summed E-state index contributed by atoms with van der Waals surface area (Å²) in [7, 11) is 0. The van der Waals surface area contributed by atoms with Crippen molar-refractivity contribution in [2.75, 3.05) is 11.6 Å². The molecule has 1 unspecified atom stereocenters. The fraction of sp³-hybridized carbons (Fsp3) is 0.462. The number of halogens is 1. The van der Waals surface area contributed by atoms with Crippen molar-refractivity contribution in [2.24, 2.45) is 5.92 Å². The number of hydrogen-bond donors (Lipinski definition) is 2. The molecular weight excluding hydrogens is 270 g/mol. The average molecular weight is 288 g/mol. The number of aliphatic hydroxyl groups excluding tert-OH is 1. The molecular formula is C13H18ClNO2S. The molecule has 0 fully saturated rings. The summed E-state index contributed by atoms with van der Waals surface area (Å²) in [6, 6.07) is 5.36. The first kappa shape index (κ1) is 15.3. The van der Waals surface area contributed by atoms with Crippen molar-refractivity contribution in [3.8, 4) is 0 Å². The Bertz CT molecular complexity index is 423. The Labute approximate surface area is 117 Å². The van der Waals surface area contributed by atoms with Crippen LogP contribution in [0, 0.1) is 5.92 Å². The van der Waals surface area contributed by atoms with Crippen LogP contribution in [-0.4, -0.2) is 23.4 Å². The number of benzene rings is 1. The Morgan fingerprint density at radius 3 is 2.72 bits per heavy atom. The Morgan fingerprint density at radius 2 is 2.17 bits per heavy atom. The Kier molecular flexibility index (Phi) is 5.99. The predicted molar refractivity (Wildman–Crippen MR) is 77.3 cm³/mol. The summed E-state index contributed by atoms with van der Waals surface area (Å²) >= 11 is 7.44. The molecule has 100 valence electrons. The highest BCUT2D eigenvalue weighted by molar-refractivity contribution is 7.98. The molecule has 0 aliphatic carbocycles. The number of anilines is 1. The van der Waals surface area contributed by atoms with Gasteiger partial charge in [-0.15, -0.1) is 11.8 Å². The van der Waals surface area contributed by atoms with Gasteiger partial charge in [-0.3, -0.25) is 4.79 Å². The van der Waals surface area contributed by atoms with E-state index in [4.69, 9.17) is 11.6 Å². The summed E-state index contributed by atoms with van der Waals surface area (Å²) in [5, 5.41) is 13.0. The maximum absolute atomic E-state index is 11.8. The zero-order valence-electron chi connectivity index (χ0n) is 10.7. The number of rotatable bonds is 5. The van der Waals surface area contributed by atoms with E-state index in [1.807, 2.05) is 26.2 Å². The van der Waals surface area contributed by atoms with Gasteiger partial charge in [-0.1, -0.05) is 25.4 Å². The summed E-state index contributed by atoms with van der Waals surface area (Å²) in [6.07, 6.45) is 1.40. The highest BCUT2D eigenvalue weighted by Gasteiger charge is 2.15. The van der Waals surface area contributed by atoms with Crippen LogP contribution in [0.3, 0.4) is 0 Å². The molecule has 5 heteroatoms. The van der Waals surface area contributed by atoms with Crippen LogP contribution in [0.2, 0.25) is 5.02 Å². The van der Waals surface area contributed by atoms with Gasteiger partial charge >= 0.3 is 0 Å². The van der Waals surface area contributed by atoms with Crippen molar-refractivity contribution in [1.82, 2.24) is 0 Å². The summed E-state index contributed by atoms with van der Waals surface area (Å²) < 4.78 is 0. The lowest BCUT2D eigenvalue weighted by molar-refractivity contribution is -0.118. The van der Waals surface area contributed by atoms with Gasteiger partial charge in [0.15, 0.2) is 0 Å². The maximum atomic E-state index is 11.8. The van der Waals surface area contributed by atoms with Crippen molar-refractivity contribution in [1.29, 1.82) is 0 Å². The molecule has 0 heterocycles. The fourth-order valence-corrected chi connectivity index (χ4v) is 2.11. The predicted octanol–water partition coefficient (Wildman–Crippen LogP) is 3.41. The third kappa shape index (κ3) is 4.52. The number of carbonyl (C=O) groups excluding carboxylic acids is 1. The first-order valence-electron chi connectivity index (χ1n) is 5.75. The molecule has 0 aromatic heterocycles. The van der Waals surface area contributed by atoms with Gasteiger partial charge in [0.25, 0.3) is 0 Å². The van der Waals surface area contributed by atoms with E-state index in [9.17, 15) is 9.90 Å². The van der Waals surface area contributed by atoms with E-state index in [1.54, 1.807) is 12.1 Å². The maximum Gasteiger partial charge on any atom is 0.227 e. The van der Waals surface area contributed by atoms with E-state index in [2.05, 4.69) is 5.32 Å². The van der Waals surface area contributed by atoms with Crippen LogP contribution in [0.25, 0.3) is 0 Å². The zero-order chi connectivity index (χ0) is 13.7. The Balaban J connectivity index is 2.72. The minimum Gasteiger partial charge on any atom is -0.392 e. The normalized spacial score (nSPS) is 12.6. The van der Waals surface area contributed by atoms with Crippen molar-refractivity contribution >= 4 is 35.0 Å². The van der Waals surface area contributed by atoms with E-state index in [1.165, 1.54) is 11.8 Å². The van der Waals surface area contributed by atoms with Crippen molar-refractivity contribution in [3.63, 3.8) is 0 Å². The third-order valence-electron chi connectivity index (χ3n) is 2.60. The first-order chi connectivity index (χ1) is 8.43. The minimum atomic E-state index is -0.623. The van der Waals surface area contributed by atoms with Crippen molar-refractivity contribution < 1.29 is 9.90 Å². The lowest BCUT2D eigenvalue weighted by atomic mass is 10.0. The molecule has 1 atom stereocenters. The van der Waals surface area contributed by atoms with E-state index >= 15 is 0 Å². The number of hydrogen-bond acceptors (Lipinski definition) is 3. The summed E-state index contributed by atoms with van der Waals surface area (Å²) in [6.45, 7) is 3.76. The molecule has 0 spiro atoms. The van der Waals surface area contributed by atoms with Gasteiger partial charge in [0, 0.05) is 9.92 Å². The highest BCUT2D eigenvalue weighted by atomic mass is 35.5. The van der Waals surface area contributed by atoms with Crippen LogP contribution in [0.1, 0.15) is 20.3 Å². The van der Waals surface area contributed by atoms with E-state index in [0.29, 0.717) is 10.7 Å². The topological polar surface area (TPSA) is 49.3 Å². The quantitative estimate of drug-likeness (QED) is 0.816. The number of aliphatic hydroxyl groups is 1. The molecule has 1 aromatic carbocycles. The van der Waals surface area contributed by atoms with Gasteiger partial charge in [0.05, 0.1) is 18.2 Å². The molecule has 0 bridgehead atoms. The minimum absolute atomic E-state index is 0.0649. The Hall–Kier alpha value is -0.710. The summed E-state index contributed by atoms with van der Waals surface area (Å²) in [5.74, 6) is -0.135. The highest BCUT2D eigenvalue weighted by Crippen LogP contribution is 2.28. The van der Waals surface area contributed by atoms with Crippen molar-refractivity contribution in [2.45, 2.75) is 31.3 Å². The molecule has 0 radical (unpaired) electrons. The molecule has 1 aromatic rings. The first-order valence-corrected chi connectivity index (χ1v) is 7.35. The van der Waals surface area contributed by atoms with Crippen LogP contribution in [0.15, 0.2) is 23.1 Å². The number of nitrogens with one attached hydrogen (secondary N) is 1. The SMILES string of the molecule is CSc1ccc(Cl)cc1NC(=O)CC(O)C(C)C. The molecule has 18 heavy (non-hydrogen) atoms. The standard InChI is InChI=1S/C13H18ClNO2S/c1-8(2)11(16)7-13(17)15-10-6-9(14)4-5-12(10)18-3/h4-6,8,11,16H,7H2,1-3H3,(H,15,17). The van der Waals surface area contributed by atoms with E-state index < -0.39 is 6.10 Å². The van der Waals surface area contributed by atoms with Gasteiger partial charge in [-0.25, -0.2) is 0 Å². The molecule has 1 amide bonds. The van der Waals surface area contributed by atoms with Gasteiger partial charge in [0.1, 0.15) is 0 Å². The van der Waals surface area contributed by atoms with Gasteiger partial charge < -0.3 is 10.4 Å². The molecule has 2 N–H and O–H groups in total. The molecule has 0 saturated heterocycles. The summed E-state index contributed by atoms with van der Waals surface area (Å²) in [4.78, 5) is 12.7. The number of amides is 1. The molecule has 1 rings (SSSR count). The third-order valence-corrected chi connectivity index (χ3v) is 3.63. The number of thioether (sulfide) groups is 1.